The van der Waals surface area contributed by atoms with Crippen molar-refractivity contribution in [1.29, 1.82) is 0 Å². The molecule has 0 aliphatic rings. The van der Waals surface area contributed by atoms with Gasteiger partial charge >= 0.3 is 5.97 Å². The summed E-state index contributed by atoms with van der Waals surface area (Å²) >= 11 is 11.4. The number of hydrogen-bond acceptors (Lipinski definition) is 3. The molecule has 0 saturated carbocycles. The van der Waals surface area contributed by atoms with Crippen molar-refractivity contribution in [3.05, 3.63) is 34.9 Å². The summed E-state index contributed by atoms with van der Waals surface area (Å²) in [4.78, 5) is 11.1. The molecule has 2 unspecified atom stereocenters. The van der Waals surface area contributed by atoms with Gasteiger partial charge in [0.25, 0.3) is 0 Å². The fourth-order valence-corrected chi connectivity index (χ4v) is 1.43. The number of methoxy groups -OCH3 is 1. The number of halogens is 2. The van der Waals surface area contributed by atoms with Crippen molar-refractivity contribution in [3.63, 3.8) is 0 Å². The number of carbonyl (C=O) groups is 1. The summed E-state index contributed by atoms with van der Waals surface area (Å²) in [6, 6.07) is 6.43. The van der Waals surface area contributed by atoms with Gasteiger partial charge < -0.3 is 9.84 Å². The monoisotopic (exact) mass is 248 g/mol. The molecular weight excluding hydrogens is 239 g/mol. The number of esters is 1. The van der Waals surface area contributed by atoms with Gasteiger partial charge in [0.05, 0.1) is 7.11 Å². The number of alkyl halides is 1. The van der Waals surface area contributed by atoms with Crippen LogP contribution in [0.5, 0.6) is 0 Å². The van der Waals surface area contributed by atoms with Crippen LogP contribution >= 0.6 is 23.2 Å². The summed E-state index contributed by atoms with van der Waals surface area (Å²) in [6.45, 7) is 0. The number of ether oxygens (including phenoxy) is 1. The van der Waals surface area contributed by atoms with Gasteiger partial charge in [-0.1, -0.05) is 23.7 Å². The third-order valence-corrected chi connectivity index (χ3v) is 2.58. The average Bonchev–Trinajstić information content (AvgIpc) is 2.27. The van der Waals surface area contributed by atoms with E-state index in [-0.39, 0.29) is 0 Å². The molecule has 1 aromatic carbocycles. The van der Waals surface area contributed by atoms with Gasteiger partial charge in [-0.05, 0) is 17.7 Å². The number of rotatable bonds is 3. The van der Waals surface area contributed by atoms with Crippen LogP contribution in [-0.2, 0) is 9.53 Å². The van der Waals surface area contributed by atoms with E-state index in [1.807, 2.05) is 0 Å². The summed E-state index contributed by atoms with van der Waals surface area (Å²) < 4.78 is 4.42. The molecule has 0 aromatic heterocycles. The number of hydrogen-bond donors (Lipinski definition) is 1. The molecule has 0 heterocycles. The van der Waals surface area contributed by atoms with Crippen LogP contribution in [0.4, 0.5) is 0 Å². The minimum Gasteiger partial charge on any atom is -0.468 e. The van der Waals surface area contributed by atoms with Crippen molar-refractivity contribution < 1.29 is 14.6 Å². The van der Waals surface area contributed by atoms with Gasteiger partial charge in [-0.15, -0.1) is 11.6 Å². The number of carbonyl (C=O) groups excluding carboxylic acids is 1. The first-order valence-electron chi connectivity index (χ1n) is 4.21. The van der Waals surface area contributed by atoms with Crippen molar-refractivity contribution in [2.45, 2.75) is 11.5 Å². The van der Waals surface area contributed by atoms with Gasteiger partial charge in [0, 0.05) is 5.02 Å². The minimum atomic E-state index is -1.11. The van der Waals surface area contributed by atoms with Crippen LogP contribution in [-0.4, -0.2) is 23.6 Å². The molecule has 5 heteroatoms. The van der Waals surface area contributed by atoms with Crippen LogP contribution in [0.1, 0.15) is 11.7 Å². The van der Waals surface area contributed by atoms with E-state index in [9.17, 15) is 9.90 Å². The highest BCUT2D eigenvalue weighted by Crippen LogP contribution is 2.23. The summed E-state index contributed by atoms with van der Waals surface area (Å²) in [5, 5.41) is 9.14. The van der Waals surface area contributed by atoms with E-state index in [2.05, 4.69) is 4.74 Å². The Morgan fingerprint density at radius 2 is 1.93 bits per heavy atom. The second kappa shape index (κ2) is 5.35. The maximum Gasteiger partial charge on any atom is 0.326 e. The molecule has 3 nitrogen and oxygen atoms in total. The molecule has 0 aliphatic carbocycles. The van der Waals surface area contributed by atoms with Gasteiger partial charge in [-0.3, -0.25) is 4.79 Å². The normalized spacial score (nSPS) is 14.4. The number of aliphatic hydroxyl groups is 1. The van der Waals surface area contributed by atoms with Crippen LogP contribution in [0.15, 0.2) is 24.3 Å². The second-order valence-corrected chi connectivity index (χ2v) is 3.83. The highest BCUT2D eigenvalue weighted by atomic mass is 35.5. The van der Waals surface area contributed by atoms with Gasteiger partial charge in [0.15, 0.2) is 5.38 Å². The molecular formula is C10H10Cl2O3. The molecule has 0 saturated heterocycles. The lowest BCUT2D eigenvalue weighted by atomic mass is 10.1. The Bertz CT molecular complexity index is 337. The maximum absolute atomic E-state index is 11.1. The second-order valence-electron chi connectivity index (χ2n) is 2.92. The van der Waals surface area contributed by atoms with Crippen molar-refractivity contribution in [2.75, 3.05) is 7.11 Å². The van der Waals surface area contributed by atoms with Crippen molar-refractivity contribution >= 4 is 29.2 Å². The predicted octanol–water partition coefficient (Wildman–Crippen LogP) is 2.15. The third-order valence-electron chi connectivity index (χ3n) is 1.92. The molecule has 1 rings (SSSR count). The Labute approximate surface area is 97.6 Å². The van der Waals surface area contributed by atoms with Gasteiger partial charge in [-0.25, -0.2) is 0 Å². The molecule has 0 bridgehead atoms. The lowest BCUT2D eigenvalue weighted by Gasteiger charge is -2.15. The van der Waals surface area contributed by atoms with Crippen LogP contribution in [0.2, 0.25) is 5.02 Å². The smallest absolute Gasteiger partial charge is 0.326 e. The van der Waals surface area contributed by atoms with E-state index in [0.29, 0.717) is 10.6 Å². The predicted molar refractivity (Wildman–Crippen MR) is 58.1 cm³/mol. The Hall–Kier alpha value is -0.770. The van der Waals surface area contributed by atoms with Crippen molar-refractivity contribution in [1.82, 2.24) is 0 Å². The molecule has 1 aromatic rings. The van der Waals surface area contributed by atoms with E-state index in [0.717, 1.165) is 0 Å². The Kier molecular flexibility index (Phi) is 4.39. The molecule has 0 aliphatic heterocycles. The number of benzene rings is 1. The van der Waals surface area contributed by atoms with Crippen LogP contribution in [0.25, 0.3) is 0 Å². The van der Waals surface area contributed by atoms with Crippen molar-refractivity contribution in [2.24, 2.45) is 0 Å². The quantitative estimate of drug-likeness (QED) is 0.659. The molecule has 0 radical (unpaired) electrons. The lowest BCUT2D eigenvalue weighted by Crippen LogP contribution is -2.23. The SMILES string of the molecule is COC(=O)C(Cl)C(O)c1ccc(Cl)cc1. The molecule has 0 fully saturated rings. The van der Waals surface area contributed by atoms with Crippen LogP contribution < -0.4 is 0 Å². The van der Waals surface area contributed by atoms with Gasteiger partial charge in [0.1, 0.15) is 6.10 Å². The number of aliphatic hydroxyl groups excluding tert-OH is 1. The van der Waals surface area contributed by atoms with E-state index in [1.54, 1.807) is 24.3 Å². The summed E-state index contributed by atoms with van der Waals surface area (Å²) in [5.74, 6) is -0.667. The lowest BCUT2D eigenvalue weighted by molar-refractivity contribution is -0.142. The Morgan fingerprint density at radius 3 is 2.40 bits per heavy atom. The summed E-state index contributed by atoms with van der Waals surface area (Å²) in [5.41, 5.74) is 0.518. The van der Waals surface area contributed by atoms with Gasteiger partial charge in [-0.2, -0.15) is 0 Å². The van der Waals surface area contributed by atoms with Crippen LogP contribution in [0, 0.1) is 0 Å². The molecule has 2 atom stereocenters. The molecule has 0 spiro atoms. The summed E-state index contributed by atoms with van der Waals surface area (Å²) in [7, 11) is 1.21. The third kappa shape index (κ3) is 3.09. The van der Waals surface area contributed by atoms with E-state index in [4.69, 9.17) is 23.2 Å². The fraction of sp³-hybridized carbons (Fsp3) is 0.300. The Balaban J connectivity index is 2.80. The highest BCUT2D eigenvalue weighted by molar-refractivity contribution is 6.31. The first kappa shape index (κ1) is 12.3. The maximum atomic E-state index is 11.1. The molecule has 1 N–H and O–H groups in total. The first-order chi connectivity index (χ1) is 7.06. The van der Waals surface area contributed by atoms with E-state index < -0.39 is 17.5 Å². The molecule has 15 heavy (non-hydrogen) atoms. The average molecular weight is 249 g/mol. The van der Waals surface area contributed by atoms with Gasteiger partial charge in [0.2, 0.25) is 0 Å². The molecule has 82 valence electrons. The zero-order valence-electron chi connectivity index (χ0n) is 7.98. The zero-order chi connectivity index (χ0) is 11.4. The highest BCUT2D eigenvalue weighted by Gasteiger charge is 2.26. The molecule has 0 amide bonds. The van der Waals surface area contributed by atoms with E-state index >= 15 is 0 Å². The minimum absolute atomic E-state index is 0.518. The van der Waals surface area contributed by atoms with Crippen molar-refractivity contribution in [3.8, 4) is 0 Å². The fourth-order valence-electron chi connectivity index (χ4n) is 1.07. The zero-order valence-corrected chi connectivity index (χ0v) is 9.50. The standard InChI is InChI=1S/C10H10Cl2O3/c1-15-10(14)8(12)9(13)6-2-4-7(11)5-3-6/h2-5,8-9,13H,1H3. The van der Waals surface area contributed by atoms with E-state index in [1.165, 1.54) is 7.11 Å². The first-order valence-corrected chi connectivity index (χ1v) is 5.03. The Morgan fingerprint density at radius 1 is 1.40 bits per heavy atom. The summed E-state index contributed by atoms with van der Waals surface area (Å²) in [6.07, 6.45) is -1.10. The van der Waals surface area contributed by atoms with Crippen LogP contribution in [0.3, 0.4) is 0 Å². The largest absolute Gasteiger partial charge is 0.468 e. The topological polar surface area (TPSA) is 46.5 Å².